The van der Waals surface area contributed by atoms with Crippen molar-refractivity contribution in [1.29, 1.82) is 0 Å². The van der Waals surface area contributed by atoms with Crippen LogP contribution in [0.5, 0.6) is 5.75 Å². The molecule has 0 heterocycles. The Hall–Kier alpha value is -3.50. The van der Waals surface area contributed by atoms with Crippen molar-refractivity contribution in [2.75, 3.05) is 5.43 Å². The van der Waals surface area contributed by atoms with E-state index in [1.165, 1.54) is 12.3 Å². The third-order valence-electron chi connectivity index (χ3n) is 4.05. The minimum atomic E-state index is -0.723. The number of benzene rings is 3. The molecule has 0 spiro atoms. The van der Waals surface area contributed by atoms with Crippen molar-refractivity contribution < 1.29 is 14.6 Å². The maximum Gasteiger partial charge on any atom is 0.301 e. The molecule has 0 aliphatic rings. The number of halogens is 2. The maximum atomic E-state index is 11.1. The molecule has 0 aliphatic heterocycles. The third-order valence-corrected chi connectivity index (χ3v) is 4.88. The molecule has 3 aromatic rings. The number of rotatable bonds is 8. The van der Waals surface area contributed by atoms with Crippen LogP contribution in [0.15, 0.2) is 70.2 Å². The van der Waals surface area contributed by atoms with Gasteiger partial charge in [-0.1, -0.05) is 39.7 Å². The summed E-state index contributed by atoms with van der Waals surface area (Å²) in [6.07, 6.45) is 1.41. The van der Waals surface area contributed by atoms with E-state index >= 15 is 0 Å². The number of ether oxygens (including phenoxy) is 1. The van der Waals surface area contributed by atoms with Crippen molar-refractivity contribution in [3.63, 3.8) is 0 Å². The summed E-state index contributed by atoms with van der Waals surface area (Å²) >= 11 is 9.64. The highest BCUT2D eigenvalue weighted by Gasteiger charge is 2.19. The van der Waals surface area contributed by atoms with Gasteiger partial charge in [0.05, 0.1) is 27.2 Å². The number of nitro groups is 2. The molecule has 11 heteroatoms. The van der Waals surface area contributed by atoms with E-state index in [1.54, 1.807) is 18.2 Å². The highest BCUT2D eigenvalue weighted by molar-refractivity contribution is 9.10. The first-order valence-electron chi connectivity index (χ1n) is 8.72. The topological polar surface area (TPSA) is 120 Å². The van der Waals surface area contributed by atoms with E-state index in [0.717, 1.165) is 22.2 Å². The Kier molecular flexibility index (Phi) is 7.16. The average Bonchev–Trinajstić information content (AvgIpc) is 2.74. The van der Waals surface area contributed by atoms with Crippen LogP contribution < -0.4 is 10.2 Å². The first-order valence-corrected chi connectivity index (χ1v) is 9.89. The van der Waals surface area contributed by atoms with Gasteiger partial charge in [0.25, 0.3) is 5.69 Å². The minimum absolute atomic E-state index is 0.0207. The van der Waals surface area contributed by atoms with Crippen molar-refractivity contribution in [3.05, 3.63) is 102 Å². The summed E-state index contributed by atoms with van der Waals surface area (Å²) < 4.78 is 6.70. The van der Waals surface area contributed by atoms with Crippen LogP contribution in [0.3, 0.4) is 0 Å². The molecule has 0 unspecified atom stereocenters. The Morgan fingerprint density at radius 3 is 2.42 bits per heavy atom. The minimum Gasteiger partial charge on any atom is -0.487 e. The van der Waals surface area contributed by atoms with Gasteiger partial charge in [0, 0.05) is 10.5 Å². The molecule has 0 fully saturated rings. The highest BCUT2D eigenvalue weighted by atomic mass is 79.9. The molecule has 3 aromatic carbocycles. The Labute approximate surface area is 189 Å². The second-order valence-electron chi connectivity index (χ2n) is 6.19. The van der Waals surface area contributed by atoms with Crippen molar-refractivity contribution >= 4 is 50.8 Å². The number of hydrogen-bond donors (Lipinski definition) is 1. The summed E-state index contributed by atoms with van der Waals surface area (Å²) in [6, 6.07) is 16.0. The highest BCUT2D eigenvalue weighted by Crippen LogP contribution is 2.29. The van der Waals surface area contributed by atoms with Crippen LogP contribution in [-0.2, 0) is 6.61 Å². The van der Waals surface area contributed by atoms with E-state index in [9.17, 15) is 20.2 Å². The van der Waals surface area contributed by atoms with Crippen molar-refractivity contribution in [1.82, 2.24) is 0 Å². The molecule has 3 rings (SSSR count). The van der Waals surface area contributed by atoms with Gasteiger partial charge in [0.2, 0.25) is 0 Å². The molecule has 31 heavy (non-hydrogen) atoms. The number of non-ortho nitro benzene ring substituents is 1. The number of hydrogen-bond acceptors (Lipinski definition) is 7. The monoisotopic (exact) mass is 504 g/mol. The van der Waals surface area contributed by atoms with Crippen LogP contribution in [0.2, 0.25) is 5.02 Å². The smallest absolute Gasteiger partial charge is 0.301 e. The van der Waals surface area contributed by atoms with Gasteiger partial charge in [-0.05, 0) is 47.5 Å². The quantitative estimate of drug-likeness (QED) is 0.230. The molecule has 0 atom stereocenters. The summed E-state index contributed by atoms with van der Waals surface area (Å²) in [4.78, 5) is 20.5. The van der Waals surface area contributed by atoms with Gasteiger partial charge in [-0.15, -0.1) is 0 Å². The lowest BCUT2D eigenvalue weighted by Crippen LogP contribution is -1.99. The van der Waals surface area contributed by atoms with Crippen LogP contribution in [0.4, 0.5) is 17.1 Å². The molecular weight excluding hydrogens is 492 g/mol. The van der Waals surface area contributed by atoms with Crippen LogP contribution in [-0.4, -0.2) is 16.1 Å². The molecule has 0 aromatic heterocycles. The number of nitrogens with one attached hydrogen (secondary N) is 1. The Balaban J connectivity index is 1.66. The van der Waals surface area contributed by atoms with Gasteiger partial charge in [0.1, 0.15) is 18.0 Å². The number of nitrogens with zero attached hydrogens (tertiary/aromatic N) is 3. The van der Waals surface area contributed by atoms with Gasteiger partial charge in [-0.2, -0.15) is 5.10 Å². The number of hydrazone groups is 1. The van der Waals surface area contributed by atoms with Crippen LogP contribution in [0.1, 0.15) is 11.1 Å². The first-order chi connectivity index (χ1) is 14.8. The number of anilines is 1. The largest absolute Gasteiger partial charge is 0.487 e. The molecule has 0 saturated heterocycles. The zero-order valence-corrected chi connectivity index (χ0v) is 18.0. The molecule has 1 N–H and O–H groups in total. The summed E-state index contributed by atoms with van der Waals surface area (Å²) in [7, 11) is 0. The summed E-state index contributed by atoms with van der Waals surface area (Å²) in [5.41, 5.74) is 3.31. The Bertz CT molecular complexity index is 1150. The fraction of sp³-hybridized carbons (Fsp3) is 0.0500. The molecule has 9 nitrogen and oxygen atoms in total. The van der Waals surface area contributed by atoms with E-state index in [-0.39, 0.29) is 11.4 Å². The van der Waals surface area contributed by atoms with E-state index in [0.29, 0.717) is 22.9 Å². The second kappa shape index (κ2) is 10.0. The van der Waals surface area contributed by atoms with Gasteiger partial charge in [0.15, 0.2) is 0 Å². The van der Waals surface area contributed by atoms with Gasteiger partial charge >= 0.3 is 5.69 Å². The molecule has 0 bridgehead atoms. The average molecular weight is 506 g/mol. The third kappa shape index (κ3) is 6.00. The molecule has 0 saturated carbocycles. The predicted molar refractivity (Wildman–Crippen MR) is 121 cm³/mol. The van der Waals surface area contributed by atoms with Crippen molar-refractivity contribution in [2.45, 2.75) is 6.61 Å². The zero-order chi connectivity index (χ0) is 22.4. The second-order valence-corrected chi connectivity index (χ2v) is 7.51. The predicted octanol–water partition coefficient (Wildman–Crippen LogP) is 5.94. The zero-order valence-electron chi connectivity index (χ0n) is 15.7. The van der Waals surface area contributed by atoms with Crippen molar-refractivity contribution in [2.24, 2.45) is 5.10 Å². The lowest BCUT2D eigenvalue weighted by molar-refractivity contribution is -0.393. The maximum absolute atomic E-state index is 11.1. The fourth-order valence-corrected chi connectivity index (χ4v) is 3.02. The van der Waals surface area contributed by atoms with Crippen LogP contribution in [0, 0.1) is 20.2 Å². The normalized spacial score (nSPS) is 10.8. The van der Waals surface area contributed by atoms with Gasteiger partial charge in [-0.3, -0.25) is 25.7 Å². The lowest BCUT2D eigenvalue weighted by Gasteiger charge is -2.09. The van der Waals surface area contributed by atoms with Crippen LogP contribution in [0.25, 0.3) is 0 Å². The lowest BCUT2D eigenvalue weighted by atomic mass is 10.2. The van der Waals surface area contributed by atoms with Gasteiger partial charge < -0.3 is 4.74 Å². The van der Waals surface area contributed by atoms with E-state index in [1.807, 2.05) is 24.3 Å². The molecule has 0 amide bonds. The van der Waals surface area contributed by atoms with E-state index < -0.39 is 15.5 Å². The van der Waals surface area contributed by atoms with E-state index in [2.05, 4.69) is 26.5 Å². The summed E-state index contributed by atoms with van der Waals surface area (Å²) in [6.45, 7) is 0.353. The molecule has 158 valence electrons. The number of nitro benzene ring substituents is 2. The Morgan fingerprint density at radius 1 is 1.03 bits per heavy atom. The Morgan fingerprint density at radius 2 is 1.77 bits per heavy atom. The van der Waals surface area contributed by atoms with E-state index in [4.69, 9.17) is 16.3 Å². The van der Waals surface area contributed by atoms with Crippen LogP contribution >= 0.6 is 27.5 Å². The molecule has 0 radical (unpaired) electrons. The standard InChI is InChI=1S/C20H14BrClN4O5/c21-15-4-1-13(2-5-15)12-31-20-8-3-14(9-17(20)22)11-23-24-18-7-6-16(25(27)28)10-19(18)26(29)30/h1-11,24H,12H2/b23-11+. The summed E-state index contributed by atoms with van der Waals surface area (Å²) in [5.74, 6) is 0.501. The SMILES string of the molecule is O=[N+]([O-])c1ccc(N/N=C/c2ccc(OCc3ccc(Br)cc3)c(Cl)c2)c([N+](=O)[O-])c1. The molecular formula is C20H14BrClN4O5. The first kappa shape index (κ1) is 22.2. The van der Waals surface area contributed by atoms with Crippen molar-refractivity contribution in [3.8, 4) is 5.75 Å². The molecule has 0 aliphatic carbocycles. The van der Waals surface area contributed by atoms with Gasteiger partial charge in [-0.25, -0.2) is 0 Å². The summed E-state index contributed by atoms with van der Waals surface area (Å²) in [5, 5.41) is 26.3. The fourth-order valence-electron chi connectivity index (χ4n) is 2.51.